The quantitative estimate of drug-likeness (QED) is 0.521. The number of benzene rings is 3. The van der Waals surface area contributed by atoms with E-state index in [4.69, 9.17) is 9.47 Å². The Morgan fingerprint density at radius 2 is 1.31 bits per heavy atom. The van der Waals surface area contributed by atoms with Gasteiger partial charge in [-0.1, -0.05) is 22.6 Å². The molecular formula is C21H20B2O3. The lowest BCUT2D eigenvalue weighted by Gasteiger charge is -2.13. The summed E-state index contributed by atoms with van der Waals surface area (Å²) in [5.41, 5.74) is 4.86. The maximum atomic E-state index is 12.6. The normalized spacial score (nSPS) is 10.4. The highest BCUT2D eigenvalue weighted by Crippen LogP contribution is 2.21. The molecule has 0 aliphatic heterocycles. The van der Waals surface area contributed by atoms with Gasteiger partial charge >= 0.3 is 0 Å². The lowest BCUT2D eigenvalue weighted by atomic mass is 9.77. The number of methoxy groups -OCH3 is 1. The molecule has 3 aromatic carbocycles. The van der Waals surface area contributed by atoms with E-state index in [0.29, 0.717) is 16.9 Å². The first kappa shape index (κ1) is 17.9. The minimum atomic E-state index is -0.0263. The third-order valence-electron chi connectivity index (χ3n) is 4.70. The Labute approximate surface area is 155 Å². The van der Waals surface area contributed by atoms with Gasteiger partial charge in [-0.25, -0.2) is 0 Å². The summed E-state index contributed by atoms with van der Waals surface area (Å²) in [6.45, 7) is 2.09. The van der Waals surface area contributed by atoms with Crippen LogP contribution in [0.15, 0.2) is 60.7 Å². The van der Waals surface area contributed by atoms with Crippen LogP contribution in [0.3, 0.4) is 0 Å². The van der Waals surface area contributed by atoms with Gasteiger partial charge in [0.05, 0.1) is 7.11 Å². The lowest BCUT2D eigenvalue weighted by Crippen LogP contribution is -2.29. The Bertz CT molecular complexity index is 933. The van der Waals surface area contributed by atoms with Crippen molar-refractivity contribution in [1.29, 1.82) is 0 Å². The van der Waals surface area contributed by atoms with Crippen LogP contribution in [0.4, 0.5) is 0 Å². The summed E-state index contributed by atoms with van der Waals surface area (Å²) in [6, 6.07) is 18.4. The Morgan fingerprint density at radius 3 is 1.85 bits per heavy atom. The third-order valence-corrected chi connectivity index (χ3v) is 4.70. The maximum absolute atomic E-state index is 12.6. The van der Waals surface area contributed by atoms with Crippen molar-refractivity contribution in [1.82, 2.24) is 0 Å². The zero-order valence-corrected chi connectivity index (χ0v) is 15.5. The number of ether oxygens (including phenoxy) is 2. The van der Waals surface area contributed by atoms with Gasteiger partial charge in [0.25, 0.3) is 0 Å². The highest BCUT2D eigenvalue weighted by atomic mass is 16.5. The summed E-state index contributed by atoms with van der Waals surface area (Å²) in [4.78, 5) is 12.6. The summed E-state index contributed by atoms with van der Waals surface area (Å²) in [6.07, 6.45) is 0. The molecule has 0 heterocycles. The molecule has 3 nitrogen and oxygen atoms in total. The zero-order valence-electron chi connectivity index (χ0n) is 15.5. The van der Waals surface area contributed by atoms with Crippen molar-refractivity contribution >= 4 is 32.4 Å². The topological polar surface area (TPSA) is 35.5 Å². The first-order valence-electron chi connectivity index (χ1n) is 8.53. The predicted octanol–water partition coefficient (Wildman–Crippen LogP) is 1.54. The monoisotopic (exact) mass is 342 g/mol. The van der Waals surface area contributed by atoms with E-state index >= 15 is 0 Å². The van der Waals surface area contributed by atoms with Gasteiger partial charge in [0.1, 0.15) is 32.9 Å². The van der Waals surface area contributed by atoms with E-state index in [0.717, 1.165) is 17.0 Å². The molecule has 0 unspecified atom stereocenters. The van der Waals surface area contributed by atoms with E-state index < -0.39 is 0 Å². The summed E-state index contributed by atoms with van der Waals surface area (Å²) >= 11 is 0. The van der Waals surface area contributed by atoms with Crippen LogP contribution in [-0.2, 0) is 0 Å². The van der Waals surface area contributed by atoms with E-state index in [1.807, 2.05) is 18.2 Å². The van der Waals surface area contributed by atoms with Crippen molar-refractivity contribution in [3.8, 4) is 17.2 Å². The number of hydrogen-bond acceptors (Lipinski definition) is 3. The minimum absolute atomic E-state index is 0.0263. The molecule has 0 atom stereocenters. The third kappa shape index (κ3) is 3.67. The van der Waals surface area contributed by atoms with Crippen LogP contribution in [0.1, 0.15) is 21.5 Å². The summed E-state index contributed by atoms with van der Waals surface area (Å²) < 4.78 is 11.1. The molecule has 0 bridgehead atoms. The molecule has 3 rings (SSSR count). The summed E-state index contributed by atoms with van der Waals surface area (Å²) in [5.74, 6) is 2.25. The SMILES string of the molecule is Bc1c(C)ccc(Oc2ccc(C(=O)c3ccc(OC)cc3)cc2)c1B. The molecule has 0 fully saturated rings. The zero-order chi connectivity index (χ0) is 18.7. The second-order valence-corrected chi connectivity index (χ2v) is 6.31. The Kier molecular flexibility index (Phi) is 5.17. The summed E-state index contributed by atoms with van der Waals surface area (Å²) in [7, 11) is 5.75. The first-order valence-corrected chi connectivity index (χ1v) is 8.53. The second-order valence-electron chi connectivity index (χ2n) is 6.31. The molecule has 0 saturated carbocycles. The maximum Gasteiger partial charge on any atom is 0.193 e. The minimum Gasteiger partial charge on any atom is -0.497 e. The van der Waals surface area contributed by atoms with Crippen molar-refractivity contribution in [2.24, 2.45) is 0 Å². The Balaban J connectivity index is 1.78. The van der Waals surface area contributed by atoms with Gasteiger partial charge in [-0.05, 0) is 61.5 Å². The van der Waals surface area contributed by atoms with Gasteiger partial charge in [-0.3, -0.25) is 4.79 Å². The molecule has 0 amide bonds. The van der Waals surface area contributed by atoms with Crippen molar-refractivity contribution in [2.75, 3.05) is 7.11 Å². The van der Waals surface area contributed by atoms with Gasteiger partial charge in [0, 0.05) is 11.1 Å². The van der Waals surface area contributed by atoms with E-state index in [2.05, 4.69) is 28.7 Å². The second kappa shape index (κ2) is 7.52. The van der Waals surface area contributed by atoms with Crippen LogP contribution in [0.25, 0.3) is 0 Å². The number of aryl methyl sites for hydroxylation is 1. The van der Waals surface area contributed by atoms with Crippen LogP contribution in [0.5, 0.6) is 17.2 Å². The molecular weight excluding hydrogens is 322 g/mol. The highest BCUT2D eigenvalue weighted by molar-refractivity contribution is 6.50. The fourth-order valence-corrected chi connectivity index (χ4v) is 2.75. The lowest BCUT2D eigenvalue weighted by molar-refractivity contribution is 0.103. The Hall–Kier alpha value is -2.94. The molecule has 0 radical (unpaired) electrons. The largest absolute Gasteiger partial charge is 0.497 e. The van der Waals surface area contributed by atoms with Gasteiger partial charge in [0.2, 0.25) is 0 Å². The van der Waals surface area contributed by atoms with Crippen molar-refractivity contribution in [3.05, 3.63) is 77.4 Å². The average Bonchev–Trinajstić information content (AvgIpc) is 2.68. The average molecular weight is 342 g/mol. The molecule has 0 saturated heterocycles. The number of hydrogen-bond donors (Lipinski definition) is 0. The molecule has 5 heteroatoms. The van der Waals surface area contributed by atoms with E-state index in [1.54, 1.807) is 43.5 Å². The molecule has 0 aromatic heterocycles. The van der Waals surface area contributed by atoms with Crippen LogP contribution in [0.2, 0.25) is 0 Å². The van der Waals surface area contributed by atoms with E-state index in [9.17, 15) is 4.79 Å². The van der Waals surface area contributed by atoms with Crippen LogP contribution >= 0.6 is 0 Å². The molecule has 0 aliphatic carbocycles. The van der Waals surface area contributed by atoms with Crippen LogP contribution < -0.4 is 20.4 Å². The van der Waals surface area contributed by atoms with Gasteiger partial charge in [0.15, 0.2) is 5.78 Å². The molecule has 0 aliphatic rings. The Morgan fingerprint density at radius 1 is 0.769 bits per heavy atom. The van der Waals surface area contributed by atoms with Gasteiger partial charge in [-0.2, -0.15) is 0 Å². The smallest absolute Gasteiger partial charge is 0.193 e. The van der Waals surface area contributed by atoms with Crippen molar-refractivity contribution in [3.63, 3.8) is 0 Å². The molecule has 0 N–H and O–H groups in total. The standard InChI is InChI=1S/C21H20B2O3/c1-13-3-12-18(20(23)19(13)22)26-17-10-6-15(7-11-17)21(24)14-4-8-16(25-2)9-5-14/h3-12H,22-23H2,1-2H3. The molecule has 0 spiro atoms. The molecule has 128 valence electrons. The van der Waals surface area contributed by atoms with E-state index in [-0.39, 0.29) is 5.78 Å². The highest BCUT2D eigenvalue weighted by Gasteiger charge is 2.10. The number of rotatable bonds is 5. The molecule has 26 heavy (non-hydrogen) atoms. The number of carbonyl (C=O) groups is 1. The summed E-state index contributed by atoms with van der Waals surface area (Å²) in [5, 5.41) is 0. The van der Waals surface area contributed by atoms with Gasteiger partial charge in [-0.15, -0.1) is 0 Å². The predicted molar refractivity (Wildman–Crippen MR) is 110 cm³/mol. The van der Waals surface area contributed by atoms with Crippen molar-refractivity contribution in [2.45, 2.75) is 6.92 Å². The number of carbonyl (C=O) groups excluding carboxylic acids is 1. The van der Waals surface area contributed by atoms with Crippen LogP contribution in [0, 0.1) is 6.92 Å². The fourth-order valence-electron chi connectivity index (χ4n) is 2.75. The first-order chi connectivity index (χ1) is 12.5. The van der Waals surface area contributed by atoms with Crippen LogP contribution in [-0.4, -0.2) is 28.6 Å². The number of ketones is 1. The van der Waals surface area contributed by atoms with E-state index in [1.165, 1.54) is 11.0 Å². The molecule has 3 aromatic rings. The fraction of sp³-hybridized carbons (Fsp3) is 0.0952. The van der Waals surface area contributed by atoms with Crippen molar-refractivity contribution < 1.29 is 14.3 Å². The van der Waals surface area contributed by atoms with Gasteiger partial charge < -0.3 is 9.47 Å².